The van der Waals surface area contributed by atoms with Gasteiger partial charge in [0.15, 0.2) is 0 Å². The van der Waals surface area contributed by atoms with Gasteiger partial charge in [-0.2, -0.15) is 0 Å². The lowest BCUT2D eigenvalue weighted by Crippen LogP contribution is -2.24. The van der Waals surface area contributed by atoms with E-state index in [0.29, 0.717) is 0 Å². The van der Waals surface area contributed by atoms with Crippen LogP contribution in [0.2, 0.25) is 5.02 Å². The fourth-order valence-corrected chi connectivity index (χ4v) is 2.63. The predicted molar refractivity (Wildman–Crippen MR) is 88.4 cm³/mol. The van der Waals surface area contributed by atoms with Gasteiger partial charge in [0.05, 0.1) is 6.61 Å². The summed E-state index contributed by atoms with van der Waals surface area (Å²) in [5.41, 5.74) is 3.38. The summed E-state index contributed by atoms with van der Waals surface area (Å²) < 4.78 is 0. The van der Waals surface area contributed by atoms with Crippen molar-refractivity contribution in [3.8, 4) is 0 Å². The van der Waals surface area contributed by atoms with E-state index in [0.717, 1.165) is 17.0 Å². The van der Waals surface area contributed by atoms with E-state index in [-0.39, 0.29) is 18.7 Å². The van der Waals surface area contributed by atoms with Gasteiger partial charge in [0, 0.05) is 17.1 Å². The average Bonchev–Trinajstić information content (AvgIpc) is 2.53. The molecule has 2 nitrogen and oxygen atoms in total. The van der Waals surface area contributed by atoms with Crippen LogP contribution in [-0.2, 0) is 6.61 Å². The maximum absolute atomic E-state index is 9.24. The third-order valence-electron chi connectivity index (χ3n) is 3.77. The first kappa shape index (κ1) is 16.0. The van der Waals surface area contributed by atoms with Crippen LogP contribution in [0.1, 0.15) is 49.0 Å². The van der Waals surface area contributed by atoms with Crippen LogP contribution in [0.3, 0.4) is 0 Å². The zero-order valence-electron chi connectivity index (χ0n) is 12.5. The molecule has 2 rings (SSSR count). The van der Waals surface area contributed by atoms with Crippen molar-refractivity contribution in [1.29, 1.82) is 0 Å². The molecule has 0 spiro atoms. The Morgan fingerprint density at radius 2 is 1.81 bits per heavy atom. The molecule has 2 N–H and O–H groups in total. The molecule has 0 bridgehead atoms. The number of aliphatic hydroxyl groups is 1. The largest absolute Gasteiger partial charge is 0.392 e. The average molecular weight is 304 g/mol. The Hall–Kier alpha value is -1.35. The molecule has 0 amide bonds. The van der Waals surface area contributed by atoms with Gasteiger partial charge in [-0.05, 0) is 42.2 Å². The van der Waals surface area contributed by atoms with Crippen LogP contribution in [0, 0.1) is 0 Å². The Balaban J connectivity index is 2.11. The van der Waals surface area contributed by atoms with Gasteiger partial charge < -0.3 is 10.4 Å². The molecule has 2 aromatic rings. The highest BCUT2D eigenvalue weighted by molar-refractivity contribution is 6.30. The lowest BCUT2D eigenvalue weighted by atomic mass is 10.0. The quantitative estimate of drug-likeness (QED) is 0.815. The zero-order chi connectivity index (χ0) is 15.2. The molecular weight excluding hydrogens is 282 g/mol. The molecule has 0 saturated heterocycles. The highest BCUT2D eigenvalue weighted by Gasteiger charge is 2.14. The van der Waals surface area contributed by atoms with Crippen LogP contribution in [0.5, 0.6) is 0 Å². The van der Waals surface area contributed by atoms with Crippen molar-refractivity contribution in [3.63, 3.8) is 0 Å². The van der Waals surface area contributed by atoms with E-state index < -0.39 is 0 Å². The molecule has 0 fully saturated rings. The first-order valence-electron chi connectivity index (χ1n) is 7.35. The van der Waals surface area contributed by atoms with Crippen molar-refractivity contribution in [2.45, 2.75) is 39.0 Å². The molecule has 0 aliphatic carbocycles. The van der Waals surface area contributed by atoms with Gasteiger partial charge >= 0.3 is 0 Å². The maximum atomic E-state index is 9.24. The van der Waals surface area contributed by atoms with Crippen molar-refractivity contribution in [2.75, 3.05) is 0 Å². The van der Waals surface area contributed by atoms with E-state index in [1.165, 1.54) is 11.1 Å². The van der Waals surface area contributed by atoms with Gasteiger partial charge in [-0.15, -0.1) is 0 Å². The number of nitrogens with one attached hydrogen (secondary N) is 1. The van der Waals surface area contributed by atoms with E-state index in [2.05, 4.69) is 37.4 Å². The third-order valence-corrected chi connectivity index (χ3v) is 4.02. The Labute approximate surface area is 131 Å². The summed E-state index contributed by atoms with van der Waals surface area (Å²) in [6.07, 6.45) is 1.01. The van der Waals surface area contributed by atoms with Crippen LogP contribution in [0.25, 0.3) is 0 Å². The summed E-state index contributed by atoms with van der Waals surface area (Å²) >= 11 is 5.95. The summed E-state index contributed by atoms with van der Waals surface area (Å²) in [4.78, 5) is 0. The molecule has 3 heteroatoms. The smallest absolute Gasteiger partial charge is 0.0681 e. The Kier molecular flexibility index (Phi) is 5.80. The highest BCUT2D eigenvalue weighted by Crippen LogP contribution is 2.24. The molecule has 0 aliphatic rings. The molecule has 2 unspecified atom stereocenters. The van der Waals surface area contributed by atoms with Crippen molar-refractivity contribution < 1.29 is 5.11 Å². The Bertz CT molecular complexity index is 568. The van der Waals surface area contributed by atoms with E-state index in [1.54, 1.807) is 0 Å². The van der Waals surface area contributed by atoms with Crippen molar-refractivity contribution in [3.05, 3.63) is 70.2 Å². The topological polar surface area (TPSA) is 32.3 Å². The number of halogens is 1. The first-order valence-corrected chi connectivity index (χ1v) is 7.73. The molecule has 2 atom stereocenters. The number of hydrogen-bond donors (Lipinski definition) is 2. The molecule has 21 heavy (non-hydrogen) atoms. The molecule has 2 aromatic carbocycles. The van der Waals surface area contributed by atoms with Crippen LogP contribution in [0.15, 0.2) is 48.5 Å². The highest BCUT2D eigenvalue weighted by atomic mass is 35.5. The molecule has 0 radical (unpaired) electrons. The Morgan fingerprint density at radius 3 is 2.43 bits per heavy atom. The SMILES string of the molecule is CCC(NC(C)c1cccc(CO)c1)c1ccc(Cl)cc1. The molecule has 0 aliphatic heterocycles. The van der Waals surface area contributed by atoms with Crippen LogP contribution < -0.4 is 5.32 Å². The fraction of sp³-hybridized carbons (Fsp3) is 0.333. The standard InChI is InChI=1S/C18H22ClNO/c1-3-18(15-7-9-17(19)10-8-15)20-13(2)16-6-4-5-14(11-16)12-21/h4-11,13,18,20-21H,3,12H2,1-2H3. The van der Waals surface area contributed by atoms with Gasteiger partial charge in [-0.25, -0.2) is 0 Å². The lowest BCUT2D eigenvalue weighted by Gasteiger charge is -2.23. The number of rotatable bonds is 6. The van der Waals surface area contributed by atoms with Crippen molar-refractivity contribution in [2.24, 2.45) is 0 Å². The molecule has 0 saturated carbocycles. The second-order valence-corrected chi connectivity index (χ2v) is 5.74. The minimum Gasteiger partial charge on any atom is -0.392 e. The monoisotopic (exact) mass is 303 g/mol. The van der Waals surface area contributed by atoms with E-state index >= 15 is 0 Å². The van der Waals surface area contributed by atoms with E-state index in [9.17, 15) is 5.11 Å². The van der Waals surface area contributed by atoms with Gasteiger partial charge in [0.1, 0.15) is 0 Å². The third kappa shape index (κ3) is 4.31. The van der Waals surface area contributed by atoms with Crippen LogP contribution >= 0.6 is 11.6 Å². The zero-order valence-corrected chi connectivity index (χ0v) is 13.3. The molecule has 0 heterocycles. The summed E-state index contributed by atoms with van der Waals surface area (Å²) in [7, 11) is 0. The number of hydrogen-bond acceptors (Lipinski definition) is 2. The molecular formula is C18H22ClNO. The summed E-state index contributed by atoms with van der Waals surface area (Å²) in [5.74, 6) is 0. The van der Waals surface area contributed by atoms with Gasteiger partial charge in [-0.3, -0.25) is 0 Å². The normalized spacial score (nSPS) is 13.9. The lowest BCUT2D eigenvalue weighted by molar-refractivity contribution is 0.281. The minimum atomic E-state index is 0.0783. The second-order valence-electron chi connectivity index (χ2n) is 5.30. The first-order chi connectivity index (χ1) is 10.1. The summed E-state index contributed by atoms with van der Waals surface area (Å²) in [6.45, 7) is 4.40. The fourth-order valence-electron chi connectivity index (χ4n) is 2.50. The number of aliphatic hydroxyl groups excluding tert-OH is 1. The minimum absolute atomic E-state index is 0.0783. The van der Waals surface area contributed by atoms with Crippen molar-refractivity contribution in [1.82, 2.24) is 5.32 Å². The Morgan fingerprint density at radius 1 is 1.10 bits per heavy atom. The molecule has 0 aromatic heterocycles. The predicted octanol–water partition coefficient (Wildman–Crippen LogP) is 4.63. The van der Waals surface area contributed by atoms with Crippen LogP contribution in [-0.4, -0.2) is 5.11 Å². The van der Waals surface area contributed by atoms with Gasteiger partial charge in [0.2, 0.25) is 0 Å². The maximum Gasteiger partial charge on any atom is 0.0681 e. The van der Waals surface area contributed by atoms with Gasteiger partial charge in [0.25, 0.3) is 0 Å². The van der Waals surface area contributed by atoms with Crippen molar-refractivity contribution >= 4 is 11.6 Å². The van der Waals surface area contributed by atoms with Crippen LogP contribution in [0.4, 0.5) is 0 Å². The number of benzene rings is 2. The van der Waals surface area contributed by atoms with E-state index in [4.69, 9.17) is 11.6 Å². The summed E-state index contributed by atoms with van der Waals surface area (Å²) in [5, 5.41) is 13.6. The molecule has 112 valence electrons. The summed E-state index contributed by atoms with van der Waals surface area (Å²) in [6, 6.07) is 16.6. The van der Waals surface area contributed by atoms with Gasteiger partial charge in [-0.1, -0.05) is 54.9 Å². The van der Waals surface area contributed by atoms with E-state index in [1.807, 2.05) is 30.3 Å². The second kappa shape index (κ2) is 7.60.